The Hall–Kier alpha value is -1.51. The molecule has 2 rings (SSSR count). The van der Waals surface area contributed by atoms with Gasteiger partial charge in [-0.2, -0.15) is 0 Å². The standard InChI is InChI=1S/C7H7N3/c8-6-1-2-10-7-4-9-3-5(6)7/h1-4,10H,8H2. The number of H-pyrrole nitrogens is 1. The number of aromatic amines is 1. The third-order valence-electron chi connectivity index (χ3n) is 1.51. The van der Waals surface area contributed by atoms with E-state index in [0.29, 0.717) is 0 Å². The molecule has 10 heavy (non-hydrogen) atoms. The Bertz CT molecular complexity index is 313. The van der Waals surface area contributed by atoms with Crippen molar-refractivity contribution in [2.24, 2.45) is 0 Å². The first kappa shape index (κ1) is 5.29. The van der Waals surface area contributed by atoms with E-state index in [1.807, 2.05) is 6.07 Å². The van der Waals surface area contributed by atoms with Crippen LogP contribution in [0.3, 0.4) is 0 Å². The van der Waals surface area contributed by atoms with E-state index in [1.54, 1.807) is 18.6 Å². The molecule has 0 spiro atoms. The minimum atomic E-state index is 0.770. The van der Waals surface area contributed by atoms with E-state index in [-0.39, 0.29) is 0 Å². The second-order valence-electron chi connectivity index (χ2n) is 2.17. The van der Waals surface area contributed by atoms with E-state index in [4.69, 9.17) is 5.73 Å². The average Bonchev–Trinajstić information content (AvgIpc) is 2.36. The highest BCUT2D eigenvalue weighted by Crippen LogP contribution is 2.23. The highest BCUT2D eigenvalue weighted by Gasteiger charge is 2.04. The molecule has 3 nitrogen and oxygen atoms in total. The second-order valence-corrected chi connectivity index (χ2v) is 2.17. The normalized spacial score (nSPS) is 10.4. The molecule has 0 bridgehead atoms. The monoisotopic (exact) mass is 133 g/mol. The van der Waals surface area contributed by atoms with Gasteiger partial charge in [-0.05, 0) is 6.07 Å². The van der Waals surface area contributed by atoms with Crippen molar-refractivity contribution in [3.8, 4) is 11.3 Å². The number of nitrogens with two attached hydrogens (primary N) is 1. The highest BCUT2D eigenvalue weighted by molar-refractivity contribution is 5.73. The Morgan fingerprint density at radius 2 is 2.30 bits per heavy atom. The summed E-state index contributed by atoms with van der Waals surface area (Å²) >= 11 is 0. The van der Waals surface area contributed by atoms with Crippen LogP contribution in [0.25, 0.3) is 11.3 Å². The predicted molar refractivity (Wildman–Crippen MR) is 39.6 cm³/mol. The van der Waals surface area contributed by atoms with Gasteiger partial charge in [-0.15, -0.1) is 0 Å². The van der Waals surface area contributed by atoms with Crippen molar-refractivity contribution >= 4 is 5.69 Å². The number of aromatic nitrogens is 2. The summed E-state index contributed by atoms with van der Waals surface area (Å²) < 4.78 is 0. The highest BCUT2D eigenvalue weighted by atomic mass is 14.8. The van der Waals surface area contributed by atoms with Crippen LogP contribution in [0.1, 0.15) is 0 Å². The SMILES string of the molecule is Nc1cc[nH]c2cncc1-2. The lowest BCUT2D eigenvalue weighted by molar-refractivity contribution is 1.33. The molecule has 2 heterocycles. The van der Waals surface area contributed by atoms with Crippen molar-refractivity contribution in [2.45, 2.75) is 0 Å². The fourth-order valence-electron chi connectivity index (χ4n) is 0.981. The first-order valence-electron chi connectivity index (χ1n) is 3.04. The molecular weight excluding hydrogens is 126 g/mol. The maximum atomic E-state index is 5.64. The number of pyridine rings is 1. The Morgan fingerprint density at radius 3 is 3.10 bits per heavy atom. The number of nitrogens with one attached hydrogen (secondary N) is 1. The Balaban J connectivity index is 2.80. The van der Waals surface area contributed by atoms with Crippen molar-refractivity contribution in [1.29, 1.82) is 0 Å². The first-order valence-corrected chi connectivity index (χ1v) is 3.04. The maximum absolute atomic E-state index is 5.64. The molecule has 50 valence electrons. The smallest absolute Gasteiger partial charge is 0.0675 e. The van der Waals surface area contributed by atoms with Gasteiger partial charge in [-0.3, -0.25) is 4.98 Å². The Morgan fingerprint density at radius 1 is 1.40 bits per heavy atom. The topological polar surface area (TPSA) is 54.7 Å². The lowest BCUT2D eigenvalue weighted by atomic mass is 10.2. The number of anilines is 1. The molecule has 2 aliphatic rings. The summed E-state index contributed by atoms with van der Waals surface area (Å²) in [7, 11) is 0. The van der Waals surface area contributed by atoms with E-state index >= 15 is 0 Å². The van der Waals surface area contributed by atoms with Gasteiger partial charge in [-0.1, -0.05) is 0 Å². The predicted octanol–water partition coefficient (Wildman–Crippen LogP) is 1.10. The molecule has 0 atom stereocenters. The molecule has 3 N–H and O–H groups in total. The van der Waals surface area contributed by atoms with Gasteiger partial charge >= 0.3 is 0 Å². The molecule has 0 unspecified atom stereocenters. The Kier molecular flexibility index (Phi) is 0.917. The van der Waals surface area contributed by atoms with Gasteiger partial charge in [-0.25, -0.2) is 0 Å². The average molecular weight is 133 g/mol. The van der Waals surface area contributed by atoms with E-state index in [1.165, 1.54) is 0 Å². The van der Waals surface area contributed by atoms with Crippen LogP contribution in [0.5, 0.6) is 0 Å². The van der Waals surface area contributed by atoms with Crippen LogP contribution < -0.4 is 5.73 Å². The van der Waals surface area contributed by atoms with Gasteiger partial charge in [0.15, 0.2) is 0 Å². The second kappa shape index (κ2) is 1.73. The van der Waals surface area contributed by atoms with Gasteiger partial charge in [0.1, 0.15) is 0 Å². The van der Waals surface area contributed by atoms with Crippen LogP contribution in [0.2, 0.25) is 0 Å². The molecule has 0 aromatic carbocycles. The summed E-state index contributed by atoms with van der Waals surface area (Å²) in [6, 6.07) is 1.82. The number of nitrogen functional groups attached to an aromatic ring is 1. The van der Waals surface area contributed by atoms with Crippen LogP contribution in [-0.2, 0) is 0 Å². The van der Waals surface area contributed by atoms with Crippen molar-refractivity contribution in [1.82, 2.24) is 9.97 Å². The van der Waals surface area contributed by atoms with Gasteiger partial charge in [0.05, 0.1) is 11.9 Å². The van der Waals surface area contributed by atoms with Crippen LogP contribution in [0, 0.1) is 0 Å². The number of nitrogens with zero attached hydrogens (tertiary/aromatic N) is 1. The van der Waals surface area contributed by atoms with Gasteiger partial charge in [0.25, 0.3) is 0 Å². The summed E-state index contributed by atoms with van der Waals surface area (Å²) in [6.45, 7) is 0. The van der Waals surface area contributed by atoms with Gasteiger partial charge in [0, 0.05) is 23.6 Å². The maximum Gasteiger partial charge on any atom is 0.0675 e. The zero-order valence-corrected chi connectivity index (χ0v) is 5.33. The van der Waals surface area contributed by atoms with E-state index in [0.717, 1.165) is 16.9 Å². The minimum Gasteiger partial charge on any atom is -0.398 e. The summed E-state index contributed by atoms with van der Waals surface area (Å²) in [5.74, 6) is 0. The minimum absolute atomic E-state index is 0.770. The molecule has 0 fully saturated rings. The van der Waals surface area contributed by atoms with Crippen LogP contribution in [-0.4, -0.2) is 9.97 Å². The third kappa shape index (κ3) is 0.572. The molecule has 0 saturated heterocycles. The molecule has 2 aliphatic heterocycles. The quantitative estimate of drug-likeness (QED) is 0.565. The van der Waals surface area contributed by atoms with E-state index in [2.05, 4.69) is 9.97 Å². The summed E-state index contributed by atoms with van der Waals surface area (Å²) in [5, 5.41) is 0. The zero-order chi connectivity index (χ0) is 6.97. The number of fused-ring (bicyclic) bond motifs is 1. The molecule has 0 aromatic rings. The molecule has 0 radical (unpaired) electrons. The number of hydrogen-bond donors (Lipinski definition) is 2. The third-order valence-corrected chi connectivity index (χ3v) is 1.51. The molecule has 0 aliphatic carbocycles. The summed E-state index contributed by atoms with van der Waals surface area (Å²) in [5.41, 5.74) is 8.38. The fourth-order valence-corrected chi connectivity index (χ4v) is 0.981. The van der Waals surface area contributed by atoms with Crippen molar-refractivity contribution in [3.63, 3.8) is 0 Å². The van der Waals surface area contributed by atoms with E-state index in [9.17, 15) is 0 Å². The molecule has 0 aromatic heterocycles. The first-order chi connectivity index (χ1) is 4.88. The lowest BCUT2D eigenvalue weighted by Crippen LogP contribution is -1.89. The molecule has 3 heteroatoms. The molecule has 0 amide bonds. The van der Waals surface area contributed by atoms with Gasteiger partial charge in [0.2, 0.25) is 0 Å². The Labute approximate surface area is 58.2 Å². The lowest BCUT2D eigenvalue weighted by Gasteiger charge is -1.99. The van der Waals surface area contributed by atoms with Crippen molar-refractivity contribution in [3.05, 3.63) is 24.7 Å². The van der Waals surface area contributed by atoms with E-state index < -0.39 is 0 Å². The van der Waals surface area contributed by atoms with Gasteiger partial charge < -0.3 is 10.7 Å². The van der Waals surface area contributed by atoms with Crippen LogP contribution >= 0.6 is 0 Å². The molecular formula is C7H7N3. The van der Waals surface area contributed by atoms with Crippen molar-refractivity contribution in [2.75, 3.05) is 5.73 Å². The fraction of sp³-hybridized carbons (Fsp3) is 0. The van der Waals surface area contributed by atoms with Crippen LogP contribution in [0.4, 0.5) is 5.69 Å². The summed E-state index contributed by atoms with van der Waals surface area (Å²) in [6.07, 6.45) is 5.31. The van der Waals surface area contributed by atoms with Crippen LogP contribution in [0.15, 0.2) is 24.7 Å². The van der Waals surface area contributed by atoms with Crippen molar-refractivity contribution < 1.29 is 0 Å². The molecule has 0 saturated carbocycles. The largest absolute Gasteiger partial charge is 0.398 e. The summed E-state index contributed by atoms with van der Waals surface area (Å²) in [4.78, 5) is 6.98. The zero-order valence-electron chi connectivity index (χ0n) is 5.33. The number of hydrogen-bond acceptors (Lipinski definition) is 2. The number of rotatable bonds is 0.